The van der Waals surface area contributed by atoms with Crippen LogP contribution in [0.1, 0.15) is 0 Å². The largest absolute Gasteiger partial charge is 0.456 e. The quantitative estimate of drug-likeness (QED) is 0.137. The molecule has 0 spiro atoms. The van der Waals surface area contributed by atoms with Crippen LogP contribution in [0.25, 0.3) is 116 Å². The van der Waals surface area contributed by atoms with Crippen molar-refractivity contribution >= 4 is 70.8 Å². The van der Waals surface area contributed by atoms with Crippen molar-refractivity contribution in [2.24, 2.45) is 0 Å². The molecule has 0 aliphatic heterocycles. The first-order chi connectivity index (χ1) is 26.8. The van der Waals surface area contributed by atoms with Crippen LogP contribution in [0.5, 0.6) is 0 Å². The van der Waals surface area contributed by atoms with Crippen LogP contribution in [-0.2, 0) is 0 Å². The molecule has 12 rings (SSSR count). The van der Waals surface area contributed by atoms with Gasteiger partial charge in [-0.15, -0.1) is 0 Å². The molecule has 0 unspecified atom stereocenters. The smallest absolute Gasteiger partial charge is 0.160 e. The Morgan fingerprint density at radius 1 is 0.389 bits per heavy atom. The van der Waals surface area contributed by atoms with E-state index in [2.05, 4.69) is 156 Å². The standard InChI is InChI=1S/C50H29N3O/c1-3-12-30(13-4-1)41-29-42(31-14-5-2-6-15-31)52-50(51-41)34-26-33-16-9-21-44-47(33)40(28-34)37-20-10-19-36-39-27-32(24-25-43(39)53(44)49(36)37)35-18-11-23-46-48(35)38-17-7-8-22-45(38)54-46/h1-29H. The van der Waals surface area contributed by atoms with Gasteiger partial charge in [0.15, 0.2) is 5.82 Å². The van der Waals surface area contributed by atoms with Gasteiger partial charge in [-0.3, -0.25) is 0 Å². The highest BCUT2D eigenvalue weighted by Gasteiger charge is 2.21. The third kappa shape index (κ3) is 4.19. The van der Waals surface area contributed by atoms with E-state index < -0.39 is 0 Å². The molecule has 12 aromatic rings. The molecule has 4 aromatic heterocycles. The van der Waals surface area contributed by atoms with E-state index in [1.807, 2.05) is 24.3 Å². The summed E-state index contributed by atoms with van der Waals surface area (Å²) in [5.41, 5.74) is 12.7. The fraction of sp³-hybridized carbons (Fsp3) is 0. The molecule has 54 heavy (non-hydrogen) atoms. The van der Waals surface area contributed by atoms with Crippen LogP contribution in [0, 0.1) is 0 Å². The van der Waals surface area contributed by atoms with Crippen LogP contribution in [0.2, 0.25) is 0 Å². The maximum absolute atomic E-state index is 6.27. The lowest BCUT2D eigenvalue weighted by molar-refractivity contribution is 0.669. The number of rotatable bonds is 4. The molecular formula is C50H29N3O. The third-order valence-corrected chi connectivity index (χ3v) is 11.1. The van der Waals surface area contributed by atoms with Gasteiger partial charge in [0.2, 0.25) is 0 Å². The van der Waals surface area contributed by atoms with Crippen molar-refractivity contribution in [1.29, 1.82) is 0 Å². The lowest BCUT2D eigenvalue weighted by atomic mass is 9.96. The fourth-order valence-electron chi connectivity index (χ4n) is 8.75. The molecule has 4 heteroatoms. The zero-order valence-corrected chi connectivity index (χ0v) is 29.0. The summed E-state index contributed by atoms with van der Waals surface area (Å²) >= 11 is 0. The van der Waals surface area contributed by atoms with Crippen molar-refractivity contribution in [2.75, 3.05) is 0 Å². The molecule has 0 atom stereocenters. The van der Waals surface area contributed by atoms with Crippen LogP contribution >= 0.6 is 0 Å². The Bertz CT molecular complexity index is 3370. The van der Waals surface area contributed by atoms with Crippen LogP contribution in [-0.4, -0.2) is 14.4 Å². The molecule has 4 heterocycles. The van der Waals surface area contributed by atoms with Crippen LogP contribution in [0.4, 0.5) is 0 Å². The maximum atomic E-state index is 6.27. The van der Waals surface area contributed by atoms with Crippen LogP contribution in [0.3, 0.4) is 0 Å². The molecule has 0 saturated heterocycles. The second kappa shape index (κ2) is 11.1. The Morgan fingerprint density at radius 3 is 1.83 bits per heavy atom. The second-order valence-corrected chi connectivity index (χ2v) is 14.1. The van der Waals surface area contributed by atoms with Gasteiger partial charge in [0.1, 0.15) is 11.2 Å². The van der Waals surface area contributed by atoms with E-state index in [4.69, 9.17) is 14.4 Å². The number of pyridine rings is 1. The molecule has 250 valence electrons. The van der Waals surface area contributed by atoms with Gasteiger partial charge < -0.3 is 8.82 Å². The van der Waals surface area contributed by atoms with Crippen LogP contribution < -0.4 is 0 Å². The van der Waals surface area contributed by atoms with Gasteiger partial charge in [0.25, 0.3) is 0 Å². The number of fused-ring (bicyclic) bond motifs is 8. The van der Waals surface area contributed by atoms with Gasteiger partial charge >= 0.3 is 0 Å². The first-order valence-corrected chi connectivity index (χ1v) is 18.3. The molecule has 0 N–H and O–H groups in total. The Morgan fingerprint density at radius 2 is 1.04 bits per heavy atom. The second-order valence-electron chi connectivity index (χ2n) is 14.1. The summed E-state index contributed by atoms with van der Waals surface area (Å²) in [6.45, 7) is 0. The Hall–Kier alpha value is -7.30. The Labute approximate surface area is 309 Å². The lowest BCUT2D eigenvalue weighted by Crippen LogP contribution is -1.97. The first-order valence-electron chi connectivity index (χ1n) is 18.3. The molecule has 0 radical (unpaired) electrons. The number of para-hydroxylation sites is 2. The molecule has 0 aliphatic carbocycles. The Balaban J connectivity index is 1.12. The van der Waals surface area contributed by atoms with Gasteiger partial charge in [-0.2, -0.15) is 0 Å². The molecule has 0 saturated carbocycles. The minimum absolute atomic E-state index is 0.711. The van der Waals surface area contributed by atoms with E-state index in [0.29, 0.717) is 5.82 Å². The molecule has 0 fully saturated rings. The number of nitrogens with zero attached hydrogens (tertiary/aromatic N) is 3. The Kier molecular flexibility index (Phi) is 6.02. The molecule has 4 nitrogen and oxygen atoms in total. The summed E-state index contributed by atoms with van der Waals surface area (Å²) in [6.07, 6.45) is 0. The summed E-state index contributed by atoms with van der Waals surface area (Å²) in [6, 6.07) is 62.4. The van der Waals surface area contributed by atoms with Gasteiger partial charge in [0.05, 0.1) is 27.9 Å². The summed E-state index contributed by atoms with van der Waals surface area (Å²) in [4.78, 5) is 10.4. The van der Waals surface area contributed by atoms with Crippen molar-refractivity contribution < 1.29 is 4.42 Å². The van der Waals surface area contributed by atoms with E-state index in [0.717, 1.165) is 55.4 Å². The first kappa shape index (κ1) is 29.3. The van der Waals surface area contributed by atoms with Crippen molar-refractivity contribution in [1.82, 2.24) is 14.4 Å². The topological polar surface area (TPSA) is 43.3 Å². The van der Waals surface area contributed by atoms with E-state index in [1.54, 1.807) is 0 Å². The van der Waals surface area contributed by atoms with Crippen LogP contribution in [0.15, 0.2) is 180 Å². The number of hydrogen-bond acceptors (Lipinski definition) is 3. The van der Waals surface area contributed by atoms with E-state index >= 15 is 0 Å². The fourth-order valence-corrected chi connectivity index (χ4v) is 8.75. The maximum Gasteiger partial charge on any atom is 0.160 e. The third-order valence-electron chi connectivity index (χ3n) is 11.1. The minimum Gasteiger partial charge on any atom is -0.456 e. The zero-order valence-electron chi connectivity index (χ0n) is 29.0. The molecule has 0 amide bonds. The number of hydrogen-bond donors (Lipinski definition) is 0. The molecule has 0 aliphatic rings. The monoisotopic (exact) mass is 687 g/mol. The van der Waals surface area contributed by atoms with Crippen molar-refractivity contribution in [2.45, 2.75) is 0 Å². The minimum atomic E-state index is 0.711. The van der Waals surface area contributed by atoms with Gasteiger partial charge in [-0.25, -0.2) is 9.97 Å². The predicted octanol–water partition coefficient (Wildman–Crippen LogP) is 13.3. The predicted molar refractivity (Wildman–Crippen MR) is 223 cm³/mol. The van der Waals surface area contributed by atoms with Crippen molar-refractivity contribution in [3.8, 4) is 45.0 Å². The number of aromatic nitrogens is 3. The van der Waals surface area contributed by atoms with Crippen molar-refractivity contribution in [3.05, 3.63) is 176 Å². The zero-order chi connectivity index (χ0) is 35.3. The highest BCUT2D eigenvalue weighted by molar-refractivity contribution is 6.28. The molecule has 8 aromatic carbocycles. The van der Waals surface area contributed by atoms with Gasteiger partial charge in [0, 0.05) is 49.0 Å². The lowest BCUT2D eigenvalue weighted by Gasteiger charge is -2.15. The highest BCUT2D eigenvalue weighted by atomic mass is 16.3. The van der Waals surface area contributed by atoms with Crippen molar-refractivity contribution in [3.63, 3.8) is 0 Å². The summed E-state index contributed by atoms with van der Waals surface area (Å²) in [5.74, 6) is 0.711. The van der Waals surface area contributed by atoms with Gasteiger partial charge in [-0.05, 0) is 70.4 Å². The molecule has 0 bridgehead atoms. The average molecular weight is 688 g/mol. The SMILES string of the molecule is c1ccc(-c2cc(-c3ccccc3)nc(-c3cc4cccc5c4c(c3)c3cccc4c6cc(-c7cccc8oc9ccccc9c78)ccc6n5c34)n2)cc1. The summed E-state index contributed by atoms with van der Waals surface area (Å²) in [7, 11) is 0. The summed E-state index contributed by atoms with van der Waals surface area (Å²) < 4.78 is 8.74. The average Bonchev–Trinajstić information content (AvgIpc) is 3.79. The summed E-state index contributed by atoms with van der Waals surface area (Å²) in [5, 5.41) is 9.55. The number of benzene rings is 8. The van der Waals surface area contributed by atoms with Gasteiger partial charge in [-0.1, -0.05) is 127 Å². The van der Waals surface area contributed by atoms with E-state index in [1.165, 1.54) is 54.6 Å². The highest BCUT2D eigenvalue weighted by Crippen LogP contribution is 2.44. The van der Waals surface area contributed by atoms with E-state index in [-0.39, 0.29) is 0 Å². The normalized spacial score (nSPS) is 12.1. The number of furan rings is 1. The molecular weight excluding hydrogens is 659 g/mol. The van der Waals surface area contributed by atoms with E-state index in [9.17, 15) is 0 Å².